The SMILES string of the molecule is C[C@]1(c2ccc(OC(F)F)cc2)NC(=O)N(CC(=O)Nc2ccc(S(C)(=O)=O)cc2)C1=O. The van der Waals surface area contributed by atoms with Crippen LogP contribution in [0.15, 0.2) is 53.4 Å². The van der Waals surface area contributed by atoms with Crippen LogP contribution < -0.4 is 15.4 Å². The van der Waals surface area contributed by atoms with Gasteiger partial charge < -0.3 is 15.4 Å². The quantitative estimate of drug-likeness (QED) is 0.602. The first-order valence-electron chi connectivity index (χ1n) is 9.19. The minimum atomic E-state index is -3.39. The number of rotatable bonds is 7. The maximum atomic E-state index is 12.9. The summed E-state index contributed by atoms with van der Waals surface area (Å²) in [7, 11) is -3.39. The maximum Gasteiger partial charge on any atom is 0.387 e. The fourth-order valence-corrected chi connectivity index (χ4v) is 3.77. The molecule has 1 saturated heterocycles. The second-order valence-electron chi connectivity index (χ2n) is 7.19. The second kappa shape index (κ2) is 8.54. The number of anilines is 1. The third-order valence-electron chi connectivity index (χ3n) is 4.80. The Morgan fingerprint density at radius 1 is 1.12 bits per heavy atom. The average Bonchev–Trinajstić information content (AvgIpc) is 2.91. The van der Waals surface area contributed by atoms with Crippen LogP contribution in [0.3, 0.4) is 0 Å². The summed E-state index contributed by atoms with van der Waals surface area (Å²) < 4.78 is 51.9. The first-order chi connectivity index (χ1) is 14.9. The number of urea groups is 1. The molecule has 0 saturated carbocycles. The van der Waals surface area contributed by atoms with Gasteiger partial charge >= 0.3 is 12.6 Å². The number of carbonyl (C=O) groups excluding carboxylic acids is 3. The second-order valence-corrected chi connectivity index (χ2v) is 9.21. The van der Waals surface area contributed by atoms with Gasteiger partial charge in [0.25, 0.3) is 5.91 Å². The van der Waals surface area contributed by atoms with E-state index in [1.807, 2.05) is 0 Å². The smallest absolute Gasteiger partial charge is 0.387 e. The Morgan fingerprint density at radius 2 is 1.72 bits per heavy atom. The highest BCUT2D eigenvalue weighted by atomic mass is 32.2. The van der Waals surface area contributed by atoms with Gasteiger partial charge in [0.2, 0.25) is 5.91 Å². The van der Waals surface area contributed by atoms with E-state index in [2.05, 4.69) is 15.4 Å². The normalized spacial score (nSPS) is 18.6. The van der Waals surface area contributed by atoms with Gasteiger partial charge in [-0.15, -0.1) is 0 Å². The van der Waals surface area contributed by atoms with Gasteiger partial charge in [-0.2, -0.15) is 8.78 Å². The molecular formula is C20H19F2N3O6S. The number of sulfone groups is 1. The van der Waals surface area contributed by atoms with E-state index in [1.165, 1.54) is 55.5 Å². The molecule has 2 aromatic carbocycles. The van der Waals surface area contributed by atoms with Gasteiger partial charge in [0.05, 0.1) is 4.90 Å². The highest BCUT2D eigenvalue weighted by molar-refractivity contribution is 7.90. The number of ether oxygens (including phenoxy) is 1. The minimum Gasteiger partial charge on any atom is -0.435 e. The van der Waals surface area contributed by atoms with E-state index >= 15 is 0 Å². The molecule has 0 bridgehead atoms. The number of nitrogens with one attached hydrogen (secondary N) is 2. The van der Waals surface area contributed by atoms with Crippen LogP contribution in [0.25, 0.3) is 0 Å². The van der Waals surface area contributed by atoms with Crippen molar-refractivity contribution in [3.05, 3.63) is 54.1 Å². The van der Waals surface area contributed by atoms with Crippen molar-refractivity contribution in [2.45, 2.75) is 24.0 Å². The lowest BCUT2D eigenvalue weighted by molar-refractivity contribution is -0.133. The van der Waals surface area contributed by atoms with Crippen LogP contribution >= 0.6 is 0 Å². The van der Waals surface area contributed by atoms with E-state index in [1.54, 1.807) is 0 Å². The number of nitrogens with zero attached hydrogens (tertiary/aromatic N) is 1. The van der Waals surface area contributed by atoms with E-state index in [-0.39, 0.29) is 16.3 Å². The van der Waals surface area contributed by atoms with Gasteiger partial charge in [0, 0.05) is 11.9 Å². The van der Waals surface area contributed by atoms with Crippen LogP contribution in [0.2, 0.25) is 0 Å². The molecule has 1 heterocycles. The predicted molar refractivity (Wildman–Crippen MR) is 109 cm³/mol. The summed E-state index contributed by atoms with van der Waals surface area (Å²) in [6.45, 7) is -2.15. The molecule has 3 rings (SSSR count). The Kier molecular flexibility index (Phi) is 6.17. The van der Waals surface area contributed by atoms with Gasteiger partial charge in [-0.3, -0.25) is 14.5 Å². The Labute approximate surface area is 182 Å². The first-order valence-corrected chi connectivity index (χ1v) is 11.1. The molecule has 2 N–H and O–H groups in total. The third kappa shape index (κ3) is 4.85. The Hall–Kier alpha value is -3.54. The van der Waals surface area contributed by atoms with Gasteiger partial charge in [-0.25, -0.2) is 13.2 Å². The Bertz CT molecular complexity index is 1150. The van der Waals surface area contributed by atoms with Crippen molar-refractivity contribution in [2.75, 3.05) is 18.1 Å². The fraction of sp³-hybridized carbons (Fsp3) is 0.250. The third-order valence-corrected chi connectivity index (χ3v) is 5.93. The first kappa shape index (κ1) is 23.1. The van der Waals surface area contributed by atoms with Crippen molar-refractivity contribution >= 4 is 33.4 Å². The fourth-order valence-electron chi connectivity index (χ4n) is 3.14. The van der Waals surface area contributed by atoms with E-state index in [0.717, 1.165) is 11.2 Å². The van der Waals surface area contributed by atoms with Crippen molar-refractivity contribution in [1.82, 2.24) is 10.2 Å². The maximum absolute atomic E-state index is 12.9. The summed E-state index contributed by atoms with van der Waals surface area (Å²) in [5.74, 6) is -1.49. The number of hydrogen-bond acceptors (Lipinski definition) is 6. The van der Waals surface area contributed by atoms with Crippen molar-refractivity contribution in [3.63, 3.8) is 0 Å². The zero-order chi connectivity index (χ0) is 23.7. The molecule has 1 atom stereocenters. The largest absolute Gasteiger partial charge is 0.435 e. The molecule has 4 amide bonds. The van der Waals surface area contributed by atoms with Crippen LogP contribution in [-0.2, 0) is 25.0 Å². The lowest BCUT2D eigenvalue weighted by atomic mass is 9.92. The van der Waals surface area contributed by atoms with E-state index < -0.39 is 46.4 Å². The molecule has 0 aromatic heterocycles. The molecule has 12 heteroatoms. The summed E-state index contributed by atoms with van der Waals surface area (Å²) in [5, 5.41) is 4.99. The average molecular weight is 467 g/mol. The number of alkyl halides is 2. The molecule has 1 aliphatic rings. The van der Waals surface area contributed by atoms with E-state index in [9.17, 15) is 31.6 Å². The lowest BCUT2D eigenvalue weighted by Crippen LogP contribution is -2.42. The topological polar surface area (TPSA) is 122 Å². The van der Waals surface area contributed by atoms with Crippen LogP contribution in [-0.4, -0.2) is 50.6 Å². The molecule has 32 heavy (non-hydrogen) atoms. The summed E-state index contributed by atoms with van der Waals surface area (Å²) in [5.41, 5.74) is -0.902. The van der Waals surface area contributed by atoms with Crippen molar-refractivity contribution in [1.29, 1.82) is 0 Å². The van der Waals surface area contributed by atoms with Crippen molar-refractivity contribution < 1.29 is 36.3 Å². The molecule has 0 aliphatic carbocycles. The summed E-state index contributed by atoms with van der Waals surface area (Å²) in [6, 6.07) is 9.80. The number of hydrogen-bond donors (Lipinski definition) is 2. The lowest BCUT2D eigenvalue weighted by Gasteiger charge is -2.22. The van der Waals surface area contributed by atoms with Crippen LogP contribution in [0, 0.1) is 0 Å². The highest BCUT2D eigenvalue weighted by Gasteiger charge is 2.49. The molecule has 1 fully saturated rings. The minimum absolute atomic E-state index is 0.0744. The number of benzene rings is 2. The summed E-state index contributed by atoms with van der Waals surface area (Å²) in [4.78, 5) is 38.4. The molecule has 0 unspecified atom stereocenters. The molecule has 2 aromatic rings. The number of halogens is 2. The van der Waals surface area contributed by atoms with Gasteiger partial charge in [-0.05, 0) is 48.9 Å². The van der Waals surface area contributed by atoms with Gasteiger partial charge in [0.1, 0.15) is 17.8 Å². The number of carbonyl (C=O) groups is 3. The standard InChI is InChI=1S/C20H19F2N3O6S/c1-20(12-3-7-14(8-4-12)31-18(21)22)17(27)25(19(28)24-20)11-16(26)23-13-5-9-15(10-6-13)32(2,29)30/h3-10,18H,11H2,1-2H3,(H,23,26)(H,24,28)/t20-/m1/s1. The highest BCUT2D eigenvalue weighted by Crippen LogP contribution is 2.30. The zero-order valence-corrected chi connectivity index (χ0v) is 17.8. The van der Waals surface area contributed by atoms with Crippen LogP contribution in [0.1, 0.15) is 12.5 Å². The monoisotopic (exact) mass is 467 g/mol. The van der Waals surface area contributed by atoms with Gasteiger partial charge in [0.15, 0.2) is 9.84 Å². The van der Waals surface area contributed by atoms with E-state index in [0.29, 0.717) is 5.56 Å². The molecule has 0 radical (unpaired) electrons. The number of imide groups is 1. The Morgan fingerprint density at radius 3 is 2.25 bits per heavy atom. The molecule has 1 aliphatic heterocycles. The Balaban J connectivity index is 1.69. The number of amides is 4. The zero-order valence-electron chi connectivity index (χ0n) is 17.0. The van der Waals surface area contributed by atoms with Crippen molar-refractivity contribution in [2.24, 2.45) is 0 Å². The molecule has 9 nitrogen and oxygen atoms in total. The van der Waals surface area contributed by atoms with Crippen LogP contribution in [0.4, 0.5) is 19.3 Å². The summed E-state index contributed by atoms with van der Waals surface area (Å²) >= 11 is 0. The van der Waals surface area contributed by atoms with Crippen LogP contribution in [0.5, 0.6) is 5.75 Å². The van der Waals surface area contributed by atoms with Crippen molar-refractivity contribution in [3.8, 4) is 5.75 Å². The molecule has 170 valence electrons. The summed E-state index contributed by atoms with van der Waals surface area (Å²) in [6.07, 6.45) is 1.05. The van der Waals surface area contributed by atoms with Gasteiger partial charge in [-0.1, -0.05) is 12.1 Å². The predicted octanol–water partition coefficient (Wildman–Crippen LogP) is 2.10. The molecule has 0 spiro atoms. The molecular weight excluding hydrogens is 448 g/mol. The van der Waals surface area contributed by atoms with E-state index in [4.69, 9.17) is 0 Å².